The molecule has 0 atom stereocenters. The van der Waals surface area contributed by atoms with Crippen LogP contribution < -0.4 is 9.47 Å². The van der Waals surface area contributed by atoms with Crippen molar-refractivity contribution in [2.45, 2.75) is 27.4 Å². The zero-order valence-electron chi connectivity index (χ0n) is 12.4. The van der Waals surface area contributed by atoms with Crippen LogP contribution in [0, 0.1) is 20.8 Å². The van der Waals surface area contributed by atoms with Gasteiger partial charge in [-0.15, -0.1) is 0 Å². The third kappa shape index (κ3) is 2.78. The summed E-state index contributed by atoms with van der Waals surface area (Å²) in [7, 11) is 1.68. The first kappa shape index (κ1) is 14.4. The van der Waals surface area contributed by atoms with Crippen LogP contribution in [0.5, 0.6) is 17.2 Å². The maximum atomic E-state index is 9.04. The molecular weight excluding hydrogens is 252 g/mol. The van der Waals surface area contributed by atoms with E-state index >= 15 is 0 Å². The molecule has 0 spiro atoms. The van der Waals surface area contributed by atoms with Crippen molar-refractivity contribution in [3.63, 3.8) is 0 Å². The van der Waals surface area contributed by atoms with Crippen molar-refractivity contribution in [3.8, 4) is 17.2 Å². The molecule has 0 saturated heterocycles. The summed E-state index contributed by atoms with van der Waals surface area (Å²) in [5.74, 6) is 2.50. The van der Waals surface area contributed by atoms with Gasteiger partial charge < -0.3 is 14.6 Å². The Labute approximate surface area is 119 Å². The van der Waals surface area contributed by atoms with Crippen LogP contribution >= 0.6 is 0 Å². The third-order valence-electron chi connectivity index (χ3n) is 3.52. The molecule has 2 rings (SSSR count). The van der Waals surface area contributed by atoms with Gasteiger partial charge in [-0.3, -0.25) is 0 Å². The number of aliphatic hydroxyl groups excluding tert-OH is 1. The lowest BCUT2D eigenvalue weighted by atomic mass is 10.0. The van der Waals surface area contributed by atoms with E-state index in [1.165, 1.54) is 0 Å². The summed E-state index contributed by atoms with van der Waals surface area (Å²) in [4.78, 5) is 0. The summed E-state index contributed by atoms with van der Waals surface area (Å²) < 4.78 is 11.3. The van der Waals surface area contributed by atoms with Gasteiger partial charge in [0.15, 0.2) is 0 Å². The molecule has 0 aliphatic heterocycles. The van der Waals surface area contributed by atoms with Gasteiger partial charge in [0.2, 0.25) is 0 Å². The van der Waals surface area contributed by atoms with E-state index in [0.717, 1.165) is 39.5 Å². The normalized spacial score (nSPS) is 10.4. The number of hydrogen-bond acceptors (Lipinski definition) is 3. The van der Waals surface area contributed by atoms with E-state index < -0.39 is 0 Å². The van der Waals surface area contributed by atoms with E-state index in [4.69, 9.17) is 14.6 Å². The Morgan fingerprint density at radius 3 is 2.20 bits per heavy atom. The van der Waals surface area contributed by atoms with Gasteiger partial charge in [0, 0.05) is 0 Å². The predicted octanol–water partition coefficient (Wildman–Crippen LogP) is 3.91. The predicted molar refractivity (Wildman–Crippen MR) is 79.6 cm³/mol. The first-order valence-electron chi connectivity index (χ1n) is 6.59. The second-order valence-electron chi connectivity index (χ2n) is 4.88. The average molecular weight is 272 g/mol. The fourth-order valence-corrected chi connectivity index (χ4v) is 2.23. The summed E-state index contributed by atoms with van der Waals surface area (Å²) in [5.41, 5.74) is 4.09. The van der Waals surface area contributed by atoms with Crippen LogP contribution in [0.4, 0.5) is 0 Å². The molecule has 0 amide bonds. The standard InChI is InChI=1S/C17H20O3/c1-11-9-16(12(2)13(3)17(11)19-4)20-15-7-5-14(10-18)6-8-15/h5-9,18H,10H2,1-4H3. The summed E-state index contributed by atoms with van der Waals surface area (Å²) in [6, 6.07) is 9.42. The van der Waals surface area contributed by atoms with Crippen LogP contribution in [0.3, 0.4) is 0 Å². The molecule has 0 unspecified atom stereocenters. The van der Waals surface area contributed by atoms with Gasteiger partial charge in [0.1, 0.15) is 17.2 Å². The highest BCUT2D eigenvalue weighted by molar-refractivity contribution is 5.53. The van der Waals surface area contributed by atoms with Crippen molar-refractivity contribution in [1.29, 1.82) is 0 Å². The molecule has 0 saturated carbocycles. The van der Waals surface area contributed by atoms with E-state index in [-0.39, 0.29) is 6.61 Å². The smallest absolute Gasteiger partial charge is 0.131 e. The maximum absolute atomic E-state index is 9.04. The largest absolute Gasteiger partial charge is 0.496 e. The highest BCUT2D eigenvalue weighted by atomic mass is 16.5. The van der Waals surface area contributed by atoms with Crippen LogP contribution in [-0.4, -0.2) is 12.2 Å². The van der Waals surface area contributed by atoms with Gasteiger partial charge in [-0.05, 0) is 61.2 Å². The first-order valence-corrected chi connectivity index (χ1v) is 6.59. The van der Waals surface area contributed by atoms with E-state index in [1.54, 1.807) is 7.11 Å². The number of aliphatic hydroxyl groups is 1. The SMILES string of the molecule is COc1c(C)cc(Oc2ccc(CO)cc2)c(C)c1C. The van der Waals surface area contributed by atoms with Crippen molar-refractivity contribution < 1.29 is 14.6 Å². The van der Waals surface area contributed by atoms with Gasteiger partial charge in [0.25, 0.3) is 0 Å². The molecule has 2 aromatic rings. The van der Waals surface area contributed by atoms with Gasteiger partial charge in [-0.2, -0.15) is 0 Å². The second kappa shape index (κ2) is 5.97. The van der Waals surface area contributed by atoms with Gasteiger partial charge in [-0.1, -0.05) is 12.1 Å². The topological polar surface area (TPSA) is 38.7 Å². The minimum absolute atomic E-state index is 0.0417. The molecule has 3 heteroatoms. The Kier molecular flexibility index (Phi) is 4.30. The third-order valence-corrected chi connectivity index (χ3v) is 3.52. The van der Waals surface area contributed by atoms with Gasteiger partial charge in [0.05, 0.1) is 13.7 Å². The van der Waals surface area contributed by atoms with E-state index in [0.29, 0.717) is 0 Å². The van der Waals surface area contributed by atoms with Gasteiger partial charge >= 0.3 is 0 Å². The molecule has 0 bridgehead atoms. The highest BCUT2D eigenvalue weighted by Crippen LogP contribution is 2.35. The molecule has 1 N–H and O–H groups in total. The lowest BCUT2D eigenvalue weighted by molar-refractivity contribution is 0.281. The average Bonchev–Trinajstić information content (AvgIpc) is 2.46. The lowest BCUT2D eigenvalue weighted by Gasteiger charge is -2.16. The number of hydrogen-bond donors (Lipinski definition) is 1. The van der Waals surface area contributed by atoms with Crippen LogP contribution in [0.2, 0.25) is 0 Å². The fourth-order valence-electron chi connectivity index (χ4n) is 2.23. The van der Waals surface area contributed by atoms with E-state index in [1.807, 2.05) is 51.1 Å². The molecule has 0 fully saturated rings. The Hall–Kier alpha value is -2.00. The van der Waals surface area contributed by atoms with E-state index in [2.05, 4.69) is 0 Å². The summed E-state index contributed by atoms with van der Waals surface area (Å²) in [5, 5.41) is 9.04. The molecule has 0 aliphatic rings. The number of rotatable bonds is 4. The Morgan fingerprint density at radius 1 is 1.00 bits per heavy atom. The molecule has 0 aromatic heterocycles. The second-order valence-corrected chi connectivity index (χ2v) is 4.88. The monoisotopic (exact) mass is 272 g/mol. The number of benzene rings is 2. The van der Waals surface area contributed by atoms with Crippen molar-refractivity contribution in [3.05, 3.63) is 52.6 Å². The van der Waals surface area contributed by atoms with Crippen LogP contribution in [0.25, 0.3) is 0 Å². The highest BCUT2D eigenvalue weighted by Gasteiger charge is 2.12. The maximum Gasteiger partial charge on any atom is 0.131 e. The minimum Gasteiger partial charge on any atom is -0.496 e. The lowest BCUT2D eigenvalue weighted by Crippen LogP contribution is -1.97. The molecule has 0 heterocycles. The zero-order chi connectivity index (χ0) is 14.7. The summed E-state index contributed by atoms with van der Waals surface area (Å²) in [6.45, 7) is 6.10. The van der Waals surface area contributed by atoms with Crippen molar-refractivity contribution in [2.75, 3.05) is 7.11 Å². The van der Waals surface area contributed by atoms with E-state index in [9.17, 15) is 0 Å². The molecule has 3 nitrogen and oxygen atoms in total. The Morgan fingerprint density at radius 2 is 1.65 bits per heavy atom. The zero-order valence-corrected chi connectivity index (χ0v) is 12.4. The fraction of sp³-hybridized carbons (Fsp3) is 0.294. The van der Waals surface area contributed by atoms with Crippen LogP contribution in [0.1, 0.15) is 22.3 Å². The molecule has 106 valence electrons. The molecule has 20 heavy (non-hydrogen) atoms. The van der Waals surface area contributed by atoms with Crippen molar-refractivity contribution in [2.24, 2.45) is 0 Å². The summed E-state index contributed by atoms with van der Waals surface area (Å²) >= 11 is 0. The van der Waals surface area contributed by atoms with Gasteiger partial charge in [-0.25, -0.2) is 0 Å². The van der Waals surface area contributed by atoms with Crippen LogP contribution in [-0.2, 0) is 6.61 Å². The molecule has 2 aromatic carbocycles. The Balaban J connectivity index is 2.33. The molecule has 0 radical (unpaired) electrons. The first-order chi connectivity index (χ1) is 9.56. The Bertz CT molecular complexity index is 601. The number of aryl methyl sites for hydroxylation is 1. The van der Waals surface area contributed by atoms with Crippen molar-refractivity contribution >= 4 is 0 Å². The minimum atomic E-state index is 0.0417. The quantitative estimate of drug-likeness (QED) is 0.917. The number of methoxy groups -OCH3 is 1. The van der Waals surface area contributed by atoms with Crippen molar-refractivity contribution in [1.82, 2.24) is 0 Å². The molecular formula is C17H20O3. The van der Waals surface area contributed by atoms with Crippen LogP contribution in [0.15, 0.2) is 30.3 Å². The molecule has 0 aliphatic carbocycles. The summed E-state index contributed by atoms with van der Waals surface area (Å²) in [6.07, 6.45) is 0. The number of ether oxygens (including phenoxy) is 2.